The molecule has 0 saturated carbocycles. The van der Waals surface area contributed by atoms with Crippen molar-refractivity contribution in [2.45, 2.75) is 45.5 Å². The van der Waals surface area contributed by atoms with Gasteiger partial charge < -0.3 is 4.74 Å². The molecule has 1 aliphatic rings. The molecule has 0 unspecified atom stereocenters. The maximum Gasteiger partial charge on any atom is 0.0964 e. The van der Waals surface area contributed by atoms with Crippen molar-refractivity contribution >= 4 is 0 Å². The van der Waals surface area contributed by atoms with E-state index < -0.39 is 0 Å². The Bertz CT molecular complexity index is 536. The first-order valence-corrected chi connectivity index (χ1v) is 8.66. The quantitative estimate of drug-likeness (QED) is 0.667. The molecule has 0 spiro atoms. The second kappa shape index (κ2) is 7.76. The van der Waals surface area contributed by atoms with Gasteiger partial charge in [0.25, 0.3) is 0 Å². The lowest BCUT2D eigenvalue weighted by Crippen LogP contribution is -2.39. The molecule has 122 valence electrons. The van der Waals surface area contributed by atoms with Crippen LogP contribution >= 0.6 is 0 Å². The Kier molecular flexibility index (Phi) is 5.47. The van der Waals surface area contributed by atoms with E-state index >= 15 is 0 Å². The summed E-state index contributed by atoms with van der Waals surface area (Å²) in [6.45, 7) is 7.48. The highest BCUT2D eigenvalue weighted by Crippen LogP contribution is 2.28. The van der Waals surface area contributed by atoms with Gasteiger partial charge in [0.2, 0.25) is 0 Å². The number of ether oxygens (including phenoxy) is 1. The lowest BCUT2D eigenvalue weighted by molar-refractivity contribution is 0.126. The normalized spacial score (nSPS) is 18.3. The molecule has 23 heavy (non-hydrogen) atoms. The minimum Gasteiger partial charge on any atom is -0.371 e. The Morgan fingerprint density at radius 2 is 1.39 bits per heavy atom. The van der Waals surface area contributed by atoms with E-state index in [1.807, 2.05) is 0 Å². The standard InChI is InChI=1S/C21H27NO/c1-17(2)13-20(21-16-23-21)22(14-18-9-5-3-6-10-18)15-19-11-7-4-8-12-19/h3-12,17,20-21H,13-16H2,1-2H3/t20-,21-/m0/s1. The van der Waals surface area contributed by atoms with Gasteiger partial charge in [0, 0.05) is 19.1 Å². The minimum absolute atomic E-state index is 0.407. The first-order valence-electron chi connectivity index (χ1n) is 8.66. The maximum absolute atomic E-state index is 5.69. The summed E-state index contributed by atoms with van der Waals surface area (Å²) in [6, 6.07) is 22.0. The van der Waals surface area contributed by atoms with Gasteiger partial charge in [-0.3, -0.25) is 4.90 Å². The molecular weight excluding hydrogens is 282 g/mol. The molecule has 2 nitrogen and oxygen atoms in total. The Balaban J connectivity index is 1.79. The van der Waals surface area contributed by atoms with E-state index in [0.717, 1.165) is 19.7 Å². The third-order valence-corrected chi connectivity index (χ3v) is 4.43. The third kappa shape index (κ3) is 4.92. The van der Waals surface area contributed by atoms with Gasteiger partial charge in [0.15, 0.2) is 0 Å². The first kappa shape index (κ1) is 16.2. The summed E-state index contributed by atoms with van der Waals surface area (Å²) in [5.74, 6) is 0.679. The second-order valence-electron chi connectivity index (χ2n) is 6.94. The zero-order chi connectivity index (χ0) is 16.1. The van der Waals surface area contributed by atoms with Crippen molar-refractivity contribution in [1.29, 1.82) is 0 Å². The Morgan fingerprint density at radius 3 is 1.78 bits per heavy atom. The van der Waals surface area contributed by atoms with Gasteiger partial charge in [-0.25, -0.2) is 0 Å². The highest BCUT2D eigenvalue weighted by Gasteiger charge is 2.37. The number of hydrogen-bond acceptors (Lipinski definition) is 2. The summed E-state index contributed by atoms with van der Waals surface area (Å²) in [5, 5.41) is 0. The molecule has 0 radical (unpaired) electrons. The van der Waals surface area contributed by atoms with Gasteiger partial charge in [-0.1, -0.05) is 74.5 Å². The van der Waals surface area contributed by atoms with Gasteiger partial charge in [0.05, 0.1) is 12.7 Å². The highest BCUT2D eigenvalue weighted by atomic mass is 16.6. The van der Waals surface area contributed by atoms with Gasteiger partial charge in [-0.05, 0) is 23.5 Å². The number of nitrogens with zero attached hydrogens (tertiary/aromatic N) is 1. The van der Waals surface area contributed by atoms with Crippen LogP contribution < -0.4 is 0 Å². The van der Waals surface area contributed by atoms with Crippen molar-refractivity contribution in [3.05, 3.63) is 71.8 Å². The number of rotatable bonds is 8. The number of hydrogen-bond donors (Lipinski definition) is 0. The average molecular weight is 309 g/mol. The average Bonchev–Trinajstić information content (AvgIpc) is 3.39. The predicted molar refractivity (Wildman–Crippen MR) is 95.1 cm³/mol. The molecule has 1 saturated heterocycles. The molecule has 3 rings (SSSR count). The van der Waals surface area contributed by atoms with Crippen molar-refractivity contribution in [2.75, 3.05) is 6.61 Å². The summed E-state index contributed by atoms with van der Waals surface area (Å²) >= 11 is 0. The van der Waals surface area contributed by atoms with E-state index in [0.29, 0.717) is 18.1 Å². The van der Waals surface area contributed by atoms with Crippen LogP contribution in [0.4, 0.5) is 0 Å². The van der Waals surface area contributed by atoms with E-state index in [9.17, 15) is 0 Å². The molecule has 2 atom stereocenters. The molecule has 2 heteroatoms. The summed E-state index contributed by atoms with van der Waals surface area (Å²) in [7, 11) is 0. The zero-order valence-corrected chi connectivity index (χ0v) is 14.2. The second-order valence-corrected chi connectivity index (χ2v) is 6.94. The Morgan fingerprint density at radius 1 is 0.913 bits per heavy atom. The van der Waals surface area contributed by atoms with Crippen LogP contribution in [0.5, 0.6) is 0 Å². The summed E-state index contributed by atoms with van der Waals surface area (Å²) in [6.07, 6.45) is 1.59. The molecule has 1 fully saturated rings. The molecule has 0 aliphatic carbocycles. The maximum atomic E-state index is 5.69. The van der Waals surface area contributed by atoms with Gasteiger partial charge in [-0.15, -0.1) is 0 Å². The zero-order valence-electron chi connectivity index (χ0n) is 14.2. The summed E-state index contributed by atoms with van der Waals surface area (Å²) in [4.78, 5) is 2.60. The molecule has 0 amide bonds. The van der Waals surface area contributed by atoms with E-state index in [4.69, 9.17) is 4.74 Å². The molecule has 1 aliphatic heterocycles. The van der Waals surface area contributed by atoms with Crippen molar-refractivity contribution in [1.82, 2.24) is 4.90 Å². The minimum atomic E-state index is 0.407. The van der Waals surface area contributed by atoms with Gasteiger partial charge >= 0.3 is 0 Å². The van der Waals surface area contributed by atoms with Crippen LogP contribution in [-0.4, -0.2) is 23.7 Å². The monoisotopic (exact) mass is 309 g/mol. The highest BCUT2D eigenvalue weighted by molar-refractivity contribution is 5.17. The van der Waals surface area contributed by atoms with E-state index in [-0.39, 0.29) is 0 Å². The van der Waals surface area contributed by atoms with Crippen molar-refractivity contribution in [3.8, 4) is 0 Å². The first-order chi connectivity index (χ1) is 11.2. The molecule has 2 aromatic carbocycles. The number of benzene rings is 2. The fraction of sp³-hybridized carbons (Fsp3) is 0.429. The van der Waals surface area contributed by atoms with E-state index in [1.165, 1.54) is 17.5 Å². The van der Waals surface area contributed by atoms with Crippen LogP contribution in [0.15, 0.2) is 60.7 Å². The largest absolute Gasteiger partial charge is 0.371 e. The van der Waals surface area contributed by atoms with Crippen LogP contribution in [0.3, 0.4) is 0 Å². The van der Waals surface area contributed by atoms with E-state index in [2.05, 4.69) is 79.4 Å². The molecule has 0 N–H and O–H groups in total. The summed E-state index contributed by atoms with van der Waals surface area (Å²) < 4.78 is 5.69. The molecule has 2 aromatic rings. The fourth-order valence-electron chi connectivity index (χ4n) is 3.22. The molecule has 1 heterocycles. The van der Waals surface area contributed by atoms with Crippen molar-refractivity contribution < 1.29 is 4.74 Å². The predicted octanol–water partition coefficient (Wildman–Crippen LogP) is 4.50. The van der Waals surface area contributed by atoms with Crippen molar-refractivity contribution in [3.63, 3.8) is 0 Å². The van der Waals surface area contributed by atoms with E-state index in [1.54, 1.807) is 0 Å². The smallest absolute Gasteiger partial charge is 0.0964 e. The van der Waals surface area contributed by atoms with Crippen LogP contribution in [-0.2, 0) is 17.8 Å². The SMILES string of the molecule is CC(C)C[C@@H]([C@@H]1CO1)N(Cc1ccccc1)Cc1ccccc1. The Hall–Kier alpha value is -1.64. The van der Waals surface area contributed by atoms with Crippen LogP contribution in [0.1, 0.15) is 31.4 Å². The molecular formula is C21H27NO. The number of epoxide rings is 1. The molecule has 0 aromatic heterocycles. The Labute approximate surface area is 140 Å². The van der Waals surface area contributed by atoms with Crippen LogP contribution in [0, 0.1) is 5.92 Å². The third-order valence-electron chi connectivity index (χ3n) is 4.43. The lowest BCUT2D eigenvalue weighted by Gasteiger charge is -2.32. The van der Waals surface area contributed by atoms with Crippen LogP contribution in [0.2, 0.25) is 0 Å². The molecule has 0 bridgehead atoms. The van der Waals surface area contributed by atoms with Crippen molar-refractivity contribution in [2.24, 2.45) is 5.92 Å². The lowest BCUT2D eigenvalue weighted by atomic mass is 9.98. The van der Waals surface area contributed by atoms with Gasteiger partial charge in [0.1, 0.15) is 0 Å². The fourth-order valence-corrected chi connectivity index (χ4v) is 3.22. The van der Waals surface area contributed by atoms with Gasteiger partial charge in [-0.2, -0.15) is 0 Å². The van der Waals surface area contributed by atoms with Crippen LogP contribution in [0.25, 0.3) is 0 Å². The topological polar surface area (TPSA) is 15.8 Å². The summed E-state index contributed by atoms with van der Waals surface area (Å²) in [5.41, 5.74) is 2.75.